The number of imidazole rings is 1. The Labute approximate surface area is 227 Å². The third-order valence-electron chi connectivity index (χ3n) is 5.76. The fourth-order valence-corrected chi connectivity index (χ4v) is 6.36. The summed E-state index contributed by atoms with van der Waals surface area (Å²) in [6.07, 6.45) is -3.29. The van der Waals surface area contributed by atoms with Crippen molar-refractivity contribution in [1.82, 2.24) is 19.3 Å². The third kappa shape index (κ3) is 5.63. The fraction of sp³-hybridized carbons (Fsp3) is 0.261. The van der Waals surface area contributed by atoms with Crippen LogP contribution in [0.1, 0.15) is 42.3 Å². The number of halogens is 6. The van der Waals surface area contributed by atoms with Crippen LogP contribution in [0.4, 0.5) is 45.0 Å². The van der Waals surface area contributed by atoms with Crippen molar-refractivity contribution < 1.29 is 22.0 Å². The summed E-state index contributed by atoms with van der Waals surface area (Å²) in [5, 5.41) is 6.09. The Hall–Kier alpha value is -2.25. The van der Waals surface area contributed by atoms with Crippen LogP contribution in [0.2, 0.25) is 0 Å². The molecule has 6 nitrogen and oxygen atoms in total. The normalized spacial score (nSPS) is 14.3. The van der Waals surface area contributed by atoms with E-state index in [1.54, 1.807) is 11.8 Å². The molecule has 0 radical (unpaired) electrons. The van der Waals surface area contributed by atoms with Crippen LogP contribution in [0.15, 0.2) is 47.4 Å². The molecule has 37 heavy (non-hydrogen) atoms. The van der Waals surface area contributed by atoms with E-state index in [0.29, 0.717) is 11.6 Å². The standard InChI is InChI=1S/C23H19F5IN6PS/c1-37-15-9-12(11-5-6-11)7-8-13(15)30-14-10-18(32-17-4-2-3-16(31-17)23(26,27)28)33-21-19(14)34-22(20(24)25)35(21)36-29/h2-4,7-11,20,36H,5-6H2,1H3,(H2,30,31,32,33). The van der Waals surface area contributed by atoms with Crippen LogP contribution in [-0.2, 0) is 6.18 Å². The van der Waals surface area contributed by atoms with Crippen molar-refractivity contribution in [2.75, 3.05) is 16.9 Å². The van der Waals surface area contributed by atoms with E-state index in [2.05, 4.69) is 31.7 Å². The second kappa shape index (κ2) is 10.5. The quantitative estimate of drug-likeness (QED) is 0.0851. The molecule has 1 saturated carbocycles. The van der Waals surface area contributed by atoms with Gasteiger partial charge in [-0.15, -0.1) is 11.8 Å². The molecule has 0 amide bonds. The summed E-state index contributed by atoms with van der Waals surface area (Å²) in [4.78, 5) is 13.2. The Bertz CT molecular complexity index is 1460. The van der Waals surface area contributed by atoms with Crippen molar-refractivity contribution in [2.45, 2.75) is 36.3 Å². The van der Waals surface area contributed by atoms with Crippen molar-refractivity contribution in [1.29, 1.82) is 0 Å². The lowest BCUT2D eigenvalue weighted by molar-refractivity contribution is -0.141. The van der Waals surface area contributed by atoms with Crippen LogP contribution >= 0.6 is 40.2 Å². The van der Waals surface area contributed by atoms with Crippen LogP contribution in [0.5, 0.6) is 0 Å². The number of pyridine rings is 2. The van der Waals surface area contributed by atoms with Crippen molar-refractivity contribution >= 4 is 74.4 Å². The van der Waals surface area contributed by atoms with Crippen LogP contribution in [0.3, 0.4) is 0 Å². The lowest BCUT2D eigenvalue weighted by Crippen LogP contribution is -2.09. The minimum Gasteiger partial charge on any atom is -0.353 e. The van der Waals surface area contributed by atoms with Gasteiger partial charge in [0.05, 0.1) is 17.7 Å². The van der Waals surface area contributed by atoms with E-state index in [4.69, 9.17) is 0 Å². The zero-order valence-electron chi connectivity index (χ0n) is 19.1. The summed E-state index contributed by atoms with van der Waals surface area (Å²) in [5.41, 5.74) is 1.77. The summed E-state index contributed by atoms with van der Waals surface area (Å²) >= 11 is 3.52. The number of fused-ring (bicyclic) bond motifs is 1. The molecule has 3 aromatic heterocycles. The van der Waals surface area contributed by atoms with Gasteiger partial charge in [-0.2, -0.15) is 13.2 Å². The Morgan fingerprint density at radius 3 is 2.46 bits per heavy atom. The fourth-order valence-electron chi connectivity index (χ4n) is 3.87. The lowest BCUT2D eigenvalue weighted by atomic mass is 10.1. The molecule has 1 aliphatic rings. The Kier molecular flexibility index (Phi) is 7.47. The number of benzene rings is 1. The van der Waals surface area contributed by atoms with E-state index in [1.807, 2.05) is 40.4 Å². The maximum absolute atomic E-state index is 13.8. The molecule has 2 N–H and O–H groups in total. The number of anilines is 4. The Morgan fingerprint density at radius 1 is 1.03 bits per heavy atom. The smallest absolute Gasteiger partial charge is 0.353 e. The zero-order chi connectivity index (χ0) is 26.3. The van der Waals surface area contributed by atoms with Gasteiger partial charge in [0.15, 0.2) is 11.5 Å². The van der Waals surface area contributed by atoms with Gasteiger partial charge in [-0.3, -0.25) is 4.34 Å². The van der Waals surface area contributed by atoms with Crippen LogP contribution < -0.4 is 10.6 Å². The van der Waals surface area contributed by atoms with E-state index in [1.165, 1.54) is 28.1 Å². The van der Waals surface area contributed by atoms with E-state index in [-0.39, 0.29) is 29.2 Å². The second-order valence-corrected chi connectivity index (χ2v) is 11.2. The minimum atomic E-state index is -4.62. The monoisotopic (exact) mass is 664 g/mol. The summed E-state index contributed by atoms with van der Waals surface area (Å²) < 4.78 is 68.3. The SMILES string of the molecule is CSc1cc(C2CC2)ccc1Nc1cc(Nc2cccc(C(F)(F)F)n2)nc2c1nc(C(F)F)n2PI. The number of nitrogens with one attached hydrogen (secondary N) is 2. The van der Waals surface area contributed by atoms with Gasteiger partial charge in [0.2, 0.25) is 0 Å². The molecular weight excluding hydrogens is 645 g/mol. The number of alkyl halides is 5. The lowest BCUT2D eigenvalue weighted by Gasteiger charge is -2.15. The Morgan fingerprint density at radius 2 is 1.81 bits per heavy atom. The highest BCUT2D eigenvalue weighted by Crippen LogP contribution is 2.44. The number of nitrogens with zero attached hydrogens (tertiary/aromatic N) is 4. The highest BCUT2D eigenvalue weighted by atomic mass is 127. The number of rotatable bonds is 8. The van der Waals surface area contributed by atoms with Gasteiger partial charge in [0.25, 0.3) is 6.43 Å². The van der Waals surface area contributed by atoms with E-state index in [0.717, 1.165) is 29.5 Å². The van der Waals surface area contributed by atoms with Gasteiger partial charge in [0, 0.05) is 11.0 Å². The van der Waals surface area contributed by atoms with Crippen LogP contribution in [-0.4, -0.2) is 25.5 Å². The largest absolute Gasteiger partial charge is 0.433 e. The molecule has 0 spiro atoms. The average Bonchev–Trinajstić information content (AvgIpc) is 3.64. The molecule has 0 aliphatic heterocycles. The predicted molar refractivity (Wildman–Crippen MR) is 146 cm³/mol. The van der Waals surface area contributed by atoms with Gasteiger partial charge in [-0.25, -0.2) is 23.7 Å². The average molecular weight is 664 g/mol. The third-order valence-corrected chi connectivity index (χ3v) is 8.60. The van der Waals surface area contributed by atoms with Gasteiger partial charge < -0.3 is 10.6 Å². The molecule has 14 heteroatoms. The molecular formula is C23H19F5IN6PS. The predicted octanol–water partition coefficient (Wildman–Crippen LogP) is 8.66. The first-order valence-corrected chi connectivity index (χ1v) is 16.3. The van der Waals surface area contributed by atoms with Crippen molar-refractivity contribution in [2.24, 2.45) is 0 Å². The molecule has 5 rings (SSSR count). The highest BCUT2D eigenvalue weighted by Gasteiger charge is 2.32. The maximum atomic E-state index is 13.8. The first kappa shape index (κ1) is 26.4. The van der Waals surface area contributed by atoms with Crippen molar-refractivity contribution in [3.05, 3.63) is 59.5 Å². The topological polar surface area (TPSA) is 67.7 Å². The minimum absolute atomic E-state index is 0.0803. The number of thioether (sulfide) groups is 1. The highest BCUT2D eigenvalue weighted by molar-refractivity contribution is 14.2. The Balaban J connectivity index is 1.60. The van der Waals surface area contributed by atoms with Gasteiger partial charge in [-0.05, 0) is 76.9 Å². The first-order valence-electron chi connectivity index (χ1n) is 11.0. The molecule has 1 aromatic carbocycles. The van der Waals surface area contributed by atoms with E-state index < -0.39 is 24.1 Å². The molecule has 1 fully saturated rings. The van der Waals surface area contributed by atoms with E-state index in [9.17, 15) is 22.0 Å². The molecule has 1 unspecified atom stereocenters. The molecule has 0 saturated heterocycles. The molecule has 4 aromatic rings. The molecule has 1 atom stereocenters. The summed E-state index contributed by atoms with van der Waals surface area (Å²) in [6, 6.07) is 11.1. The number of hydrogen-bond acceptors (Lipinski definition) is 6. The number of aromatic nitrogens is 4. The summed E-state index contributed by atoms with van der Waals surface area (Å²) in [5.74, 6) is 0.195. The first-order chi connectivity index (χ1) is 17.7. The molecule has 3 heterocycles. The van der Waals surface area contributed by atoms with Gasteiger partial charge >= 0.3 is 6.18 Å². The van der Waals surface area contributed by atoms with Gasteiger partial charge in [0.1, 0.15) is 22.8 Å². The van der Waals surface area contributed by atoms with Crippen molar-refractivity contribution in [3.63, 3.8) is 0 Å². The molecule has 0 bridgehead atoms. The zero-order valence-corrected chi connectivity index (χ0v) is 23.0. The van der Waals surface area contributed by atoms with Crippen LogP contribution in [0, 0.1) is 0 Å². The molecule has 1 aliphatic carbocycles. The van der Waals surface area contributed by atoms with Crippen molar-refractivity contribution in [3.8, 4) is 0 Å². The van der Waals surface area contributed by atoms with Crippen LogP contribution in [0.25, 0.3) is 11.2 Å². The molecule has 194 valence electrons. The maximum Gasteiger partial charge on any atom is 0.433 e. The summed E-state index contributed by atoms with van der Waals surface area (Å²) in [7, 11) is 0. The summed E-state index contributed by atoms with van der Waals surface area (Å²) in [6.45, 7) is 0. The second-order valence-electron chi connectivity index (χ2n) is 8.31. The van der Waals surface area contributed by atoms with Gasteiger partial charge in [-0.1, -0.05) is 12.1 Å². The van der Waals surface area contributed by atoms with E-state index >= 15 is 0 Å². The number of hydrogen-bond donors (Lipinski definition) is 2.